The first-order valence-corrected chi connectivity index (χ1v) is 12.1. The highest BCUT2D eigenvalue weighted by Gasteiger charge is 2.35. The Labute approximate surface area is 212 Å². The molecule has 35 heavy (non-hydrogen) atoms. The fraction of sp³-hybridized carbons (Fsp3) is 0.444. The van der Waals surface area contributed by atoms with Crippen molar-refractivity contribution in [2.24, 2.45) is 10.5 Å². The van der Waals surface area contributed by atoms with Crippen molar-refractivity contribution >= 4 is 29.1 Å². The van der Waals surface area contributed by atoms with Gasteiger partial charge in [0, 0.05) is 37.1 Å². The summed E-state index contributed by atoms with van der Waals surface area (Å²) < 4.78 is 10.5. The van der Waals surface area contributed by atoms with E-state index in [0.717, 1.165) is 16.8 Å². The van der Waals surface area contributed by atoms with Gasteiger partial charge in [-0.15, -0.1) is 0 Å². The molecule has 0 unspecified atom stereocenters. The first-order valence-electron chi connectivity index (χ1n) is 11.7. The summed E-state index contributed by atoms with van der Waals surface area (Å²) in [6, 6.07) is 14.7. The Morgan fingerprint density at radius 2 is 1.89 bits per heavy atom. The number of amides is 2. The minimum absolute atomic E-state index is 0.0892. The smallest absolute Gasteiger partial charge is 0.262 e. The lowest BCUT2D eigenvalue weighted by Crippen LogP contribution is -2.43. The molecule has 0 aliphatic carbocycles. The monoisotopic (exact) mass is 499 g/mol. The predicted molar refractivity (Wildman–Crippen MR) is 138 cm³/mol. The minimum Gasteiger partial charge on any atom is -0.497 e. The van der Waals surface area contributed by atoms with Crippen LogP contribution in [0.25, 0.3) is 0 Å². The number of hydrogen-bond donors (Lipinski definition) is 0. The summed E-state index contributed by atoms with van der Waals surface area (Å²) >= 11 is 6.52. The van der Waals surface area contributed by atoms with Crippen LogP contribution in [-0.4, -0.2) is 61.4 Å². The molecule has 2 aromatic carbocycles. The number of nitrogens with zero attached hydrogens (tertiary/aromatic N) is 3. The second-order valence-corrected chi connectivity index (χ2v) is 10.2. The van der Waals surface area contributed by atoms with Gasteiger partial charge in [0.25, 0.3) is 5.91 Å². The largest absolute Gasteiger partial charge is 0.497 e. The second kappa shape index (κ2) is 11.7. The molecule has 0 fully saturated rings. The Bertz CT molecular complexity index is 1080. The molecule has 2 aromatic rings. The Morgan fingerprint density at radius 3 is 2.54 bits per heavy atom. The molecule has 7 nitrogen and oxygen atoms in total. The average Bonchev–Trinajstić information content (AvgIpc) is 3.26. The SMILES string of the molecule is COCCN(CC(=O)N1N=C(c2cccc(OC)c2)C[C@@H]1c1ccccc1Cl)C(=O)CC(C)(C)C. The minimum atomic E-state index is -0.376. The van der Waals surface area contributed by atoms with E-state index >= 15 is 0 Å². The van der Waals surface area contributed by atoms with Gasteiger partial charge in [-0.3, -0.25) is 9.59 Å². The average molecular weight is 500 g/mol. The summed E-state index contributed by atoms with van der Waals surface area (Å²) in [6.45, 7) is 6.58. The summed E-state index contributed by atoms with van der Waals surface area (Å²) in [5, 5.41) is 6.76. The number of halogens is 1. The van der Waals surface area contributed by atoms with Crippen molar-refractivity contribution in [1.82, 2.24) is 9.91 Å². The molecular weight excluding hydrogens is 466 g/mol. The van der Waals surface area contributed by atoms with Crippen LogP contribution in [0.1, 0.15) is 50.8 Å². The summed E-state index contributed by atoms with van der Waals surface area (Å²) in [5.74, 6) is 0.349. The number of hydrogen-bond acceptors (Lipinski definition) is 5. The van der Waals surface area contributed by atoms with Gasteiger partial charge in [0.15, 0.2) is 0 Å². The van der Waals surface area contributed by atoms with Crippen LogP contribution < -0.4 is 4.74 Å². The number of carbonyl (C=O) groups excluding carboxylic acids is 2. The molecule has 1 aliphatic heterocycles. The molecule has 0 bridgehead atoms. The molecule has 0 aromatic heterocycles. The zero-order valence-electron chi connectivity index (χ0n) is 21.1. The van der Waals surface area contributed by atoms with Gasteiger partial charge in [-0.25, -0.2) is 5.01 Å². The highest BCUT2D eigenvalue weighted by molar-refractivity contribution is 6.31. The molecule has 0 spiro atoms. The Morgan fingerprint density at radius 1 is 1.14 bits per heavy atom. The zero-order valence-corrected chi connectivity index (χ0v) is 21.8. The van der Waals surface area contributed by atoms with Crippen molar-refractivity contribution < 1.29 is 19.1 Å². The molecule has 0 N–H and O–H groups in total. The molecule has 2 amide bonds. The summed E-state index contributed by atoms with van der Waals surface area (Å²) in [4.78, 5) is 28.2. The highest BCUT2D eigenvalue weighted by Crippen LogP contribution is 2.36. The third-order valence-electron chi connectivity index (χ3n) is 5.76. The number of benzene rings is 2. The van der Waals surface area contributed by atoms with Gasteiger partial charge in [-0.1, -0.05) is 62.7 Å². The van der Waals surface area contributed by atoms with E-state index in [2.05, 4.69) is 0 Å². The summed E-state index contributed by atoms with van der Waals surface area (Å²) in [7, 11) is 3.19. The van der Waals surface area contributed by atoms with Gasteiger partial charge >= 0.3 is 0 Å². The Balaban J connectivity index is 1.92. The fourth-order valence-corrected chi connectivity index (χ4v) is 4.26. The molecule has 1 aliphatic rings. The van der Waals surface area contributed by atoms with E-state index in [1.165, 1.54) is 5.01 Å². The molecule has 0 saturated heterocycles. The molecule has 0 saturated carbocycles. The standard InChI is InChI=1S/C27H34ClN3O4/c1-27(2,3)17-25(32)30(13-14-34-4)18-26(33)31-24(21-11-6-7-12-22(21)28)16-23(29-31)19-9-8-10-20(15-19)35-5/h6-12,15,24H,13-14,16-18H2,1-5H3/t24-/m1/s1. The molecule has 8 heteroatoms. The third kappa shape index (κ3) is 7.05. The second-order valence-electron chi connectivity index (χ2n) is 9.80. The van der Waals surface area contributed by atoms with Crippen molar-refractivity contribution in [3.8, 4) is 5.75 Å². The van der Waals surface area contributed by atoms with Crippen molar-refractivity contribution in [3.05, 3.63) is 64.7 Å². The first kappa shape index (κ1) is 26.7. The van der Waals surface area contributed by atoms with Crippen LogP contribution in [0.2, 0.25) is 5.02 Å². The maximum atomic E-state index is 13.6. The van der Waals surface area contributed by atoms with E-state index in [1.807, 2.05) is 63.2 Å². The summed E-state index contributed by atoms with van der Waals surface area (Å²) in [6.07, 6.45) is 0.826. The maximum Gasteiger partial charge on any atom is 0.262 e. The lowest BCUT2D eigenvalue weighted by atomic mass is 9.91. The lowest BCUT2D eigenvalue weighted by Gasteiger charge is -2.29. The number of ether oxygens (including phenoxy) is 2. The molecular formula is C27H34ClN3O4. The number of methoxy groups -OCH3 is 2. The van der Waals surface area contributed by atoms with Crippen molar-refractivity contribution in [1.29, 1.82) is 0 Å². The van der Waals surface area contributed by atoms with Crippen LogP contribution in [0.5, 0.6) is 5.75 Å². The molecule has 1 atom stereocenters. The predicted octanol–water partition coefficient (Wildman–Crippen LogP) is 4.94. The van der Waals surface area contributed by atoms with Crippen LogP contribution in [0.15, 0.2) is 53.6 Å². The number of rotatable bonds is 9. The number of hydrazone groups is 1. The van der Waals surface area contributed by atoms with Crippen LogP contribution in [0.3, 0.4) is 0 Å². The van der Waals surface area contributed by atoms with Crippen LogP contribution >= 0.6 is 11.6 Å². The zero-order chi connectivity index (χ0) is 25.6. The van der Waals surface area contributed by atoms with Crippen molar-refractivity contribution in [3.63, 3.8) is 0 Å². The third-order valence-corrected chi connectivity index (χ3v) is 6.10. The van der Waals surface area contributed by atoms with E-state index in [0.29, 0.717) is 36.8 Å². The molecule has 188 valence electrons. The van der Waals surface area contributed by atoms with E-state index in [9.17, 15) is 9.59 Å². The highest BCUT2D eigenvalue weighted by atomic mass is 35.5. The van der Waals surface area contributed by atoms with E-state index in [4.69, 9.17) is 26.2 Å². The maximum absolute atomic E-state index is 13.6. The first-order chi connectivity index (χ1) is 16.6. The molecule has 0 radical (unpaired) electrons. The normalized spacial score (nSPS) is 15.7. The molecule has 3 rings (SSSR count). The van der Waals surface area contributed by atoms with Gasteiger partial charge in [-0.05, 0) is 29.2 Å². The van der Waals surface area contributed by atoms with Crippen LogP contribution in [-0.2, 0) is 14.3 Å². The topological polar surface area (TPSA) is 71.4 Å². The van der Waals surface area contributed by atoms with Crippen LogP contribution in [0.4, 0.5) is 0 Å². The van der Waals surface area contributed by atoms with E-state index < -0.39 is 0 Å². The quantitative estimate of drug-likeness (QED) is 0.490. The summed E-state index contributed by atoms with van der Waals surface area (Å²) in [5.41, 5.74) is 2.24. The Kier molecular flexibility index (Phi) is 8.92. The molecule has 1 heterocycles. The van der Waals surface area contributed by atoms with Gasteiger partial charge in [0.2, 0.25) is 5.91 Å². The van der Waals surface area contributed by atoms with Crippen LogP contribution in [0, 0.1) is 5.41 Å². The van der Waals surface area contributed by atoms with Crippen molar-refractivity contribution in [2.75, 3.05) is 33.9 Å². The number of carbonyl (C=O) groups is 2. The fourth-order valence-electron chi connectivity index (χ4n) is 4.00. The van der Waals surface area contributed by atoms with Gasteiger partial charge in [-0.2, -0.15) is 5.10 Å². The lowest BCUT2D eigenvalue weighted by molar-refractivity contribution is -0.143. The van der Waals surface area contributed by atoms with E-state index in [-0.39, 0.29) is 29.8 Å². The van der Waals surface area contributed by atoms with Gasteiger partial charge < -0.3 is 14.4 Å². The van der Waals surface area contributed by atoms with Gasteiger partial charge in [0.05, 0.1) is 25.5 Å². The Hall–Kier alpha value is -2.90. The van der Waals surface area contributed by atoms with Crippen molar-refractivity contribution in [2.45, 2.75) is 39.7 Å². The van der Waals surface area contributed by atoms with Gasteiger partial charge in [0.1, 0.15) is 12.3 Å². The van der Waals surface area contributed by atoms with E-state index in [1.54, 1.807) is 25.2 Å².